The van der Waals surface area contributed by atoms with Crippen molar-refractivity contribution < 1.29 is 14.3 Å². The van der Waals surface area contributed by atoms with Crippen molar-refractivity contribution in [2.75, 3.05) is 33.4 Å². The van der Waals surface area contributed by atoms with Gasteiger partial charge in [0.25, 0.3) is 0 Å². The molecule has 104 valence electrons. The van der Waals surface area contributed by atoms with E-state index in [-0.39, 0.29) is 17.7 Å². The standard InChI is InChI=1S/C12H23N3O3/c1-8(10-6-13-7-10)11(16)15-9(2)12(17)14-4-5-18-3/h8-10,13H,4-7H2,1-3H3,(H,14,17)(H,15,16). The Hall–Kier alpha value is -1.14. The van der Waals surface area contributed by atoms with Crippen LogP contribution in [0.4, 0.5) is 0 Å². The zero-order chi connectivity index (χ0) is 13.5. The maximum atomic E-state index is 11.9. The molecule has 0 bridgehead atoms. The molecule has 18 heavy (non-hydrogen) atoms. The zero-order valence-corrected chi connectivity index (χ0v) is 11.3. The summed E-state index contributed by atoms with van der Waals surface area (Å²) in [5.41, 5.74) is 0. The molecule has 1 saturated heterocycles. The number of methoxy groups -OCH3 is 1. The Kier molecular flexibility index (Phi) is 6.07. The van der Waals surface area contributed by atoms with E-state index in [1.807, 2.05) is 6.92 Å². The smallest absolute Gasteiger partial charge is 0.242 e. The van der Waals surface area contributed by atoms with Gasteiger partial charge in [0.15, 0.2) is 0 Å². The monoisotopic (exact) mass is 257 g/mol. The summed E-state index contributed by atoms with van der Waals surface area (Å²) in [4.78, 5) is 23.5. The summed E-state index contributed by atoms with van der Waals surface area (Å²) >= 11 is 0. The maximum absolute atomic E-state index is 11.9. The molecule has 0 radical (unpaired) electrons. The minimum Gasteiger partial charge on any atom is -0.383 e. The van der Waals surface area contributed by atoms with Crippen LogP contribution < -0.4 is 16.0 Å². The highest BCUT2D eigenvalue weighted by Gasteiger charge is 2.29. The maximum Gasteiger partial charge on any atom is 0.242 e. The topological polar surface area (TPSA) is 79.5 Å². The fourth-order valence-electron chi connectivity index (χ4n) is 1.72. The molecule has 1 aliphatic rings. The van der Waals surface area contributed by atoms with Gasteiger partial charge >= 0.3 is 0 Å². The molecular formula is C12H23N3O3. The van der Waals surface area contributed by atoms with Gasteiger partial charge < -0.3 is 20.7 Å². The van der Waals surface area contributed by atoms with Crippen LogP contribution in [0.3, 0.4) is 0 Å². The Morgan fingerprint density at radius 1 is 1.33 bits per heavy atom. The summed E-state index contributed by atoms with van der Waals surface area (Å²) in [6.07, 6.45) is 0. The summed E-state index contributed by atoms with van der Waals surface area (Å²) in [5.74, 6) is 0.0875. The number of hydrogen-bond acceptors (Lipinski definition) is 4. The van der Waals surface area contributed by atoms with E-state index >= 15 is 0 Å². The summed E-state index contributed by atoms with van der Waals surface area (Å²) in [6, 6.07) is -0.509. The summed E-state index contributed by atoms with van der Waals surface area (Å²) in [6.45, 7) is 6.27. The molecule has 6 heteroatoms. The van der Waals surface area contributed by atoms with Gasteiger partial charge in [0.2, 0.25) is 11.8 Å². The Labute approximate surface area is 108 Å². The first-order chi connectivity index (χ1) is 8.56. The Balaban J connectivity index is 2.26. The van der Waals surface area contributed by atoms with Crippen molar-refractivity contribution in [3.63, 3.8) is 0 Å². The zero-order valence-electron chi connectivity index (χ0n) is 11.3. The number of hydrogen-bond donors (Lipinski definition) is 3. The van der Waals surface area contributed by atoms with Crippen LogP contribution in [0.1, 0.15) is 13.8 Å². The van der Waals surface area contributed by atoms with Gasteiger partial charge in [0, 0.05) is 19.6 Å². The van der Waals surface area contributed by atoms with Gasteiger partial charge in [-0.3, -0.25) is 9.59 Å². The van der Waals surface area contributed by atoms with Crippen molar-refractivity contribution in [3.05, 3.63) is 0 Å². The van der Waals surface area contributed by atoms with Gasteiger partial charge in [-0.25, -0.2) is 0 Å². The van der Waals surface area contributed by atoms with Gasteiger partial charge in [-0.2, -0.15) is 0 Å². The molecule has 0 aliphatic carbocycles. The highest BCUT2D eigenvalue weighted by molar-refractivity contribution is 5.88. The minimum atomic E-state index is -0.509. The third-order valence-electron chi connectivity index (χ3n) is 3.29. The predicted octanol–water partition coefficient (Wildman–Crippen LogP) is -0.891. The van der Waals surface area contributed by atoms with Crippen molar-refractivity contribution in [1.29, 1.82) is 0 Å². The minimum absolute atomic E-state index is 0.0551. The van der Waals surface area contributed by atoms with Crippen molar-refractivity contribution in [2.24, 2.45) is 11.8 Å². The number of carbonyl (C=O) groups excluding carboxylic acids is 2. The van der Waals surface area contributed by atoms with Crippen LogP contribution in [0.5, 0.6) is 0 Å². The average molecular weight is 257 g/mol. The molecule has 1 heterocycles. The normalized spacial score (nSPS) is 18.6. The van der Waals surface area contributed by atoms with Gasteiger partial charge in [0.05, 0.1) is 6.61 Å². The van der Waals surface area contributed by atoms with E-state index in [2.05, 4.69) is 16.0 Å². The van der Waals surface area contributed by atoms with Gasteiger partial charge in [0.1, 0.15) is 6.04 Å². The first kappa shape index (κ1) is 14.9. The van der Waals surface area contributed by atoms with Crippen LogP contribution in [0.15, 0.2) is 0 Å². The van der Waals surface area contributed by atoms with E-state index in [0.29, 0.717) is 19.1 Å². The molecule has 2 atom stereocenters. The van der Waals surface area contributed by atoms with Gasteiger partial charge in [-0.1, -0.05) is 6.92 Å². The number of ether oxygens (including phenoxy) is 1. The number of amides is 2. The first-order valence-electron chi connectivity index (χ1n) is 6.34. The molecule has 1 rings (SSSR count). The van der Waals surface area contributed by atoms with Crippen LogP contribution in [0.2, 0.25) is 0 Å². The summed E-state index contributed by atoms with van der Waals surface area (Å²) in [7, 11) is 1.58. The molecule has 6 nitrogen and oxygen atoms in total. The predicted molar refractivity (Wildman–Crippen MR) is 68.0 cm³/mol. The van der Waals surface area contributed by atoms with Crippen LogP contribution in [0.25, 0.3) is 0 Å². The molecule has 1 aliphatic heterocycles. The third kappa shape index (κ3) is 4.27. The quantitative estimate of drug-likeness (QED) is 0.517. The van der Waals surface area contributed by atoms with Crippen molar-refractivity contribution in [1.82, 2.24) is 16.0 Å². The van der Waals surface area contributed by atoms with Crippen molar-refractivity contribution >= 4 is 11.8 Å². The van der Waals surface area contributed by atoms with E-state index in [9.17, 15) is 9.59 Å². The van der Waals surface area contributed by atoms with Crippen LogP contribution in [0, 0.1) is 11.8 Å². The van der Waals surface area contributed by atoms with E-state index in [4.69, 9.17) is 4.74 Å². The van der Waals surface area contributed by atoms with Crippen molar-refractivity contribution in [2.45, 2.75) is 19.9 Å². The first-order valence-corrected chi connectivity index (χ1v) is 6.34. The average Bonchev–Trinajstić information content (AvgIpc) is 2.26. The second kappa shape index (κ2) is 7.33. The fourth-order valence-corrected chi connectivity index (χ4v) is 1.72. The lowest BCUT2D eigenvalue weighted by atomic mass is 9.88. The molecule has 0 saturated carbocycles. The van der Waals surface area contributed by atoms with Crippen LogP contribution in [-0.4, -0.2) is 51.2 Å². The van der Waals surface area contributed by atoms with E-state index < -0.39 is 6.04 Å². The van der Waals surface area contributed by atoms with Gasteiger partial charge in [-0.15, -0.1) is 0 Å². The molecule has 2 unspecified atom stereocenters. The van der Waals surface area contributed by atoms with E-state index in [1.165, 1.54) is 0 Å². The van der Waals surface area contributed by atoms with E-state index in [1.54, 1.807) is 14.0 Å². The molecule has 3 N–H and O–H groups in total. The lowest BCUT2D eigenvalue weighted by molar-refractivity contribution is -0.131. The van der Waals surface area contributed by atoms with Gasteiger partial charge in [-0.05, 0) is 25.9 Å². The second-order valence-electron chi connectivity index (χ2n) is 4.72. The summed E-state index contributed by atoms with van der Waals surface area (Å²) < 4.78 is 4.84. The number of rotatable bonds is 7. The lowest BCUT2D eigenvalue weighted by Gasteiger charge is -2.32. The molecule has 2 amide bonds. The lowest BCUT2D eigenvalue weighted by Crippen LogP contribution is -2.53. The molecule has 0 aromatic heterocycles. The number of carbonyl (C=O) groups is 2. The molecule has 0 aromatic rings. The van der Waals surface area contributed by atoms with Crippen molar-refractivity contribution in [3.8, 4) is 0 Å². The van der Waals surface area contributed by atoms with E-state index in [0.717, 1.165) is 13.1 Å². The highest BCUT2D eigenvalue weighted by Crippen LogP contribution is 2.15. The molecule has 0 aromatic carbocycles. The highest BCUT2D eigenvalue weighted by atomic mass is 16.5. The SMILES string of the molecule is COCCNC(=O)C(C)NC(=O)C(C)C1CNC1. The van der Waals surface area contributed by atoms with Crippen LogP contribution in [-0.2, 0) is 14.3 Å². The second-order valence-corrected chi connectivity index (χ2v) is 4.72. The largest absolute Gasteiger partial charge is 0.383 e. The fraction of sp³-hybridized carbons (Fsp3) is 0.833. The third-order valence-corrected chi connectivity index (χ3v) is 3.29. The molecule has 1 fully saturated rings. The summed E-state index contributed by atoms with van der Waals surface area (Å²) in [5, 5.41) is 8.56. The number of nitrogens with one attached hydrogen (secondary N) is 3. The Bertz CT molecular complexity index is 292. The molecular weight excluding hydrogens is 234 g/mol. The molecule has 0 spiro atoms. The Morgan fingerprint density at radius 3 is 2.50 bits per heavy atom. The Morgan fingerprint density at radius 2 is 2.00 bits per heavy atom. The van der Waals surface area contributed by atoms with Crippen LogP contribution >= 0.6 is 0 Å².